The van der Waals surface area contributed by atoms with Gasteiger partial charge in [0.2, 0.25) is 0 Å². The number of hydrogen-bond acceptors (Lipinski definition) is 5. The van der Waals surface area contributed by atoms with Crippen LogP contribution in [0, 0.1) is 0 Å². The first-order valence-electron chi connectivity index (χ1n) is 8.44. The van der Waals surface area contributed by atoms with Crippen LogP contribution in [-0.4, -0.2) is 39.5 Å². The van der Waals surface area contributed by atoms with Crippen molar-refractivity contribution >= 4 is 48.8 Å². The van der Waals surface area contributed by atoms with Crippen molar-refractivity contribution in [3.63, 3.8) is 0 Å². The Morgan fingerprint density at radius 3 is 2.24 bits per heavy atom. The average molecular weight is 374 g/mol. The molecule has 0 fully saturated rings. The lowest BCUT2D eigenvalue weighted by Crippen LogP contribution is -2.23. The fourth-order valence-corrected chi connectivity index (χ4v) is 2.83. The molecule has 2 aromatic rings. The van der Waals surface area contributed by atoms with Crippen molar-refractivity contribution in [1.82, 2.24) is 5.32 Å². The number of benzene rings is 2. The molecule has 0 spiro atoms. The van der Waals surface area contributed by atoms with Crippen LogP contribution in [0.4, 0.5) is 11.4 Å². The first-order valence-corrected chi connectivity index (χ1v) is 9.52. The SMILES string of the molecule is CN(C)c1ccc(/C=C/c2ccc(NCCNCCS)c(S)c2)cc1. The van der Waals surface area contributed by atoms with Crippen molar-refractivity contribution in [2.75, 3.05) is 49.7 Å². The van der Waals surface area contributed by atoms with Gasteiger partial charge in [-0.1, -0.05) is 30.4 Å². The quantitative estimate of drug-likeness (QED) is 0.302. The zero-order valence-corrected chi connectivity index (χ0v) is 16.7. The molecule has 25 heavy (non-hydrogen) atoms. The smallest absolute Gasteiger partial charge is 0.0476 e. The van der Waals surface area contributed by atoms with Crippen LogP contribution in [0.2, 0.25) is 0 Å². The third-order valence-corrected chi connectivity index (χ3v) is 4.40. The summed E-state index contributed by atoms with van der Waals surface area (Å²) in [5.74, 6) is 0.858. The van der Waals surface area contributed by atoms with Crippen LogP contribution in [-0.2, 0) is 0 Å². The van der Waals surface area contributed by atoms with E-state index in [0.29, 0.717) is 0 Å². The predicted molar refractivity (Wildman–Crippen MR) is 119 cm³/mol. The molecule has 0 heterocycles. The standard InChI is InChI=1S/C20H27N3S2/c1-23(2)18-8-5-16(6-9-18)3-4-17-7-10-19(20(25)15-17)22-12-11-21-13-14-24/h3-10,15,21-22,24-25H,11-14H2,1-2H3/b4-3+. The highest BCUT2D eigenvalue weighted by Gasteiger charge is 1.99. The van der Waals surface area contributed by atoms with Gasteiger partial charge in [0.15, 0.2) is 0 Å². The molecule has 0 atom stereocenters. The molecule has 2 rings (SSSR count). The monoisotopic (exact) mass is 373 g/mol. The highest BCUT2D eigenvalue weighted by Crippen LogP contribution is 2.22. The van der Waals surface area contributed by atoms with Crippen LogP contribution < -0.4 is 15.5 Å². The van der Waals surface area contributed by atoms with Crippen molar-refractivity contribution in [2.24, 2.45) is 0 Å². The minimum Gasteiger partial charge on any atom is -0.383 e. The van der Waals surface area contributed by atoms with E-state index in [1.807, 2.05) is 14.1 Å². The van der Waals surface area contributed by atoms with E-state index in [9.17, 15) is 0 Å². The molecule has 0 bridgehead atoms. The van der Waals surface area contributed by atoms with Crippen LogP contribution in [0.3, 0.4) is 0 Å². The summed E-state index contributed by atoms with van der Waals surface area (Å²) in [5, 5.41) is 6.70. The molecule has 0 saturated carbocycles. The van der Waals surface area contributed by atoms with Gasteiger partial charge in [-0.2, -0.15) is 12.6 Å². The Bertz CT molecular complexity index is 682. The number of thiol groups is 2. The maximum absolute atomic E-state index is 4.59. The molecule has 3 nitrogen and oxygen atoms in total. The van der Waals surface area contributed by atoms with Crippen LogP contribution in [0.15, 0.2) is 47.4 Å². The summed E-state index contributed by atoms with van der Waals surface area (Å²) >= 11 is 8.77. The van der Waals surface area contributed by atoms with E-state index in [0.717, 1.165) is 41.5 Å². The lowest BCUT2D eigenvalue weighted by molar-refractivity contribution is 0.744. The van der Waals surface area contributed by atoms with Gasteiger partial charge in [-0.15, -0.1) is 12.6 Å². The van der Waals surface area contributed by atoms with Crippen LogP contribution in [0.25, 0.3) is 12.2 Å². The highest BCUT2D eigenvalue weighted by atomic mass is 32.1. The second kappa shape index (κ2) is 10.4. The van der Waals surface area contributed by atoms with Gasteiger partial charge >= 0.3 is 0 Å². The number of nitrogens with zero attached hydrogens (tertiary/aromatic N) is 1. The second-order valence-electron chi connectivity index (χ2n) is 6.00. The summed E-state index contributed by atoms with van der Waals surface area (Å²) in [6.07, 6.45) is 4.24. The van der Waals surface area contributed by atoms with E-state index in [2.05, 4.69) is 95.4 Å². The average Bonchev–Trinajstić information content (AvgIpc) is 2.61. The van der Waals surface area contributed by atoms with Gasteiger partial charge in [0.05, 0.1) is 0 Å². The van der Waals surface area contributed by atoms with Gasteiger partial charge in [-0.05, 0) is 35.4 Å². The Hall–Kier alpha value is -1.56. The maximum Gasteiger partial charge on any atom is 0.0476 e. The molecule has 2 aromatic carbocycles. The van der Waals surface area contributed by atoms with Crippen LogP contribution in [0.1, 0.15) is 11.1 Å². The summed E-state index contributed by atoms with van der Waals surface area (Å²) in [5.41, 5.74) is 4.58. The second-order valence-corrected chi connectivity index (χ2v) is 6.93. The Kier molecular flexibility index (Phi) is 8.25. The summed E-state index contributed by atoms with van der Waals surface area (Å²) in [6, 6.07) is 14.8. The molecule has 0 unspecified atom stereocenters. The first kappa shape index (κ1) is 19.8. The summed E-state index contributed by atoms with van der Waals surface area (Å²) < 4.78 is 0. The van der Waals surface area contributed by atoms with Crippen molar-refractivity contribution in [1.29, 1.82) is 0 Å². The Labute approximate surface area is 162 Å². The van der Waals surface area contributed by atoms with Gasteiger partial charge in [-0.25, -0.2) is 0 Å². The molecule has 0 amide bonds. The van der Waals surface area contributed by atoms with E-state index in [1.165, 1.54) is 11.3 Å². The minimum atomic E-state index is 0.858. The maximum atomic E-state index is 4.59. The molecule has 0 saturated heterocycles. The Balaban J connectivity index is 1.93. The molecule has 0 aliphatic rings. The lowest BCUT2D eigenvalue weighted by atomic mass is 10.1. The van der Waals surface area contributed by atoms with Gasteiger partial charge in [-0.3, -0.25) is 0 Å². The van der Waals surface area contributed by atoms with Gasteiger partial charge in [0.1, 0.15) is 0 Å². The summed E-state index contributed by atoms with van der Waals surface area (Å²) in [7, 11) is 4.09. The van der Waals surface area contributed by atoms with Crippen molar-refractivity contribution in [3.05, 3.63) is 53.6 Å². The van der Waals surface area contributed by atoms with E-state index in [4.69, 9.17) is 0 Å². The summed E-state index contributed by atoms with van der Waals surface area (Å²) in [6.45, 7) is 2.71. The molecule has 0 radical (unpaired) electrons. The molecular formula is C20H27N3S2. The van der Waals surface area contributed by atoms with Crippen molar-refractivity contribution in [3.8, 4) is 0 Å². The molecule has 0 aromatic heterocycles. The van der Waals surface area contributed by atoms with Crippen molar-refractivity contribution < 1.29 is 0 Å². The fourth-order valence-electron chi connectivity index (χ4n) is 2.37. The predicted octanol–water partition coefficient (Wildman–Crippen LogP) is 4.14. The van der Waals surface area contributed by atoms with E-state index in [-0.39, 0.29) is 0 Å². The zero-order valence-electron chi connectivity index (χ0n) is 14.9. The zero-order chi connectivity index (χ0) is 18.1. The van der Waals surface area contributed by atoms with Gasteiger partial charge in [0, 0.05) is 55.8 Å². The summed E-state index contributed by atoms with van der Waals surface area (Å²) in [4.78, 5) is 3.06. The first-order chi connectivity index (χ1) is 12.1. The molecule has 5 heteroatoms. The Morgan fingerprint density at radius 1 is 0.920 bits per heavy atom. The minimum absolute atomic E-state index is 0.858. The van der Waals surface area contributed by atoms with Crippen LogP contribution in [0.5, 0.6) is 0 Å². The van der Waals surface area contributed by atoms with E-state index >= 15 is 0 Å². The fraction of sp³-hybridized carbons (Fsp3) is 0.300. The number of anilines is 2. The molecular weight excluding hydrogens is 346 g/mol. The lowest BCUT2D eigenvalue weighted by Gasteiger charge is -2.12. The molecule has 0 aliphatic carbocycles. The Morgan fingerprint density at radius 2 is 1.60 bits per heavy atom. The third kappa shape index (κ3) is 6.69. The largest absolute Gasteiger partial charge is 0.383 e. The molecule has 0 aliphatic heterocycles. The van der Waals surface area contributed by atoms with E-state index < -0.39 is 0 Å². The number of nitrogens with one attached hydrogen (secondary N) is 2. The third-order valence-electron chi connectivity index (χ3n) is 3.81. The van der Waals surface area contributed by atoms with Gasteiger partial charge in [0.25, 0.3) is 0 Å². The molecule has 134 valence electrons. The van der Waals surface area contributed by atoms with Crippen LogP contribution >= 0.6 is 25.3 Å². The van der Waals surface area contributed by atoms with Gasteiger partial charge < -0.3 is 15.5 Å². The topological polar surface area (TPSA) is 27.3 Å². The number of hydrogen-bond donors (Lipinski definition) is 4. The molecule has 2 N–H and O–H groups in total. The number of rotatable bonds is 9. The van der Waals surface area contributed by atoms with E-state index in [1.54, 1.807) is 0 Å². The highest BCUT2D eigenvalue weighted by molar-refractivity contribution is 7.80. The normalized spacial score (nSPS) is 11.0. The van der Waals surface area contributed by atoms with Crippen molar-refractivity contribution in [2.45, 2.75) is 4.90 Å².